The van der Waals surface area contributed by atoms with E-state index in [0.29, 0.717) is 0 Å². The zero-order valence-corrected chi connectivity index (χ0v) is 10.3. The maximum Gasteiger partial charge on any atom is 0.224 e. The van der Waals surface area contributed by atoms with E-state index < -0.39 is 0 Å². The molecule has 0 spiro atoms. The fourth-order valence-corrected chi connectivity index (χ4v) is 2.46. The van der Waals surface area contributed by atoms with Crippen LogP contribution in [0.25, 0.3) is 0 Å². The van der Waals surface area contributed by atoms with Crippen LogP contribution in [0.5, 0.6) is 0 Å². The Morgan fingerprint density at radius 1 is 1.14 bits per heavy atom. The lowest BCUT2D eigenvalue weighted by molar-refractivity contribution is -0.698. The zero-order valence-electron chi connectivity index (χ0n) is 9.46. The predicted octanol–water partition coefficient (Wildman–Crippen LogP) is 3.70. The first kappa shape index (κ1) is 11.7. The molecule has 2 heteroatoms. The van der Waals surface area contributed by atoms with Crippen LogP contribution in [-0.4, -0.2) is 0 Å². The van der Waals surface area contributed by atoms with Gasteiger partial charge < -0.3 is 0 Å². The van der Waals surface area contributed by atoms with Gasteiger partial charge >= 0.3 is 0 Å². The molecular weight excluding hydrogens is 190 g/mol. The molecule has 0 saturated heterocycles. The van der Waals surface area contributed by atoms with Crippen molar-refractivity contribution in [2.75, 3.05) is 0 Å². The highest BCUT2D eigenvalue weighted by Gasteiger charge is 2.05. The van der Waals surface area contributed by atoms with Crippen LogP contribution in [0, 0.1) is 6.92 Å². The second-order valence-corrected chi connectivity index (χ2v) is 4.68. The normalized spacial score (nSPS) is 10.7. The average molecular weight is 212 g/mol. The highest BCUT2D eigenvalue weighted by Crippen LogP contribution is 2.05. The van der Waals surface area contributed by atoms with Gasteiger partial charge in [0, 0.05) is 13.3 Å². The molecule has 0 bridgehead atoms. The van der Waals surface area contributed by atoms with Crippen molar-refractivity contribution in [1.29, 1.82) is 0 Å². The summed E-state index contributed by atoms with van der Waals surface area (Å²) in [6, 6.07) is 0. The largest absolute Gasteiger partial charge is 0.224 e. The summed E-state index contributed by atoms with van der Waals surface area (Å²) in [5.41, 5.74) is 3.63. The standard InChI is InChI=1S/C12H22NS/c1-3-4-5-6-7-8-9-13-11-14-10-12(13)2/h10-11H,3-9H2,1-2H3/q+1. The smallest absolute Gasteiger partial charge is 0.193 e. The highest BCUT2D eigenvalue weighted by molar-refractivity contribution is 7.07. The van der Waals surface area contributed by atoms with Crippen molar-refractivity contribution < 1.29 is 4.57 Å². The molecule has 0 aliphatic rings. The molecule has 0 fully saturated rings. The molecule has 0 aliphatic heterocycles. The molecule has 1 aromatic rings. The van der Waals surface area contributed by atoms with E-state index in [2.05, 4.69) is 29.3 Å². The van der Waals surface area contributed by atoms with Crippen molar-refractivity contribution in [3.63, 3.8) is 0 Å². The van der Waals surface area contributed by atoms with Gasteiger partial charge in [-0.25, -0.2) is 0 Å². The lowest BCUT2D eigenvalue weighted by Gasteiger charge is -1.97. The molecule has 1 rings (SSSR count). The molecule has 14 heavy (non-hydrogen) atoms. The van der Waals surface area contributed by atoms with E-state index in [9.17, 15) is 0 Å². The number of rotatable bonds is 7. The molecule has 0 atom stereocenters. The van der Waals surface area contributed by atoms with E-state index >= 15 is 0 Å². The van der Waals surface area contributed by atoms with E-state index in [0.717, 1.165) is 0 Å². The van der Waals surface area contributed by atoms with Gasteiger partial charge in [-0.05, 0) is 6.42 Å². The molecule has 1 heterocycles. The maximum absolute atomic E-state index is 2.37. The highest BCUT2D eigenvalue weighted by atomic mass is 32.1. The van der Waals surface area contributed by atoms with Crippen LogP contribution in [-0.2, 0) is 6.54 Å². The Hall–Kier alpha value is -0.370. The van der Waals surface area contributed by atoms with E-state index in [-0.39, 0.29) is 0 Å². The lowest BCUT2D eigenvalue weighted by atomic mass is 10.1. The van der Waals surface area contributed by atoms with Crippen LogP contribution in [0.3, 0.4) is 0 Å². The Kier molecular flexibility index (Phi) is 5.85. The fourth-order valence-electron chi connectivity index (χ4n) is 1.64. The van der Waals surface area contributed by atoms with Crippen LogP contribution in [0.15, 0.2) is 10.9 Å². The van der Waals surface area contributed by atoms with Crippen LogP contribution in [0.4, 0.5) is 0 Å². The number of unbranched alkanes of at least 4 members (excludes halogenated alkanes) is 5. The molecule has 1 aromatic heterocycles. The fraction of sp³-hybridized carbons (Fsp3) is 0.750. The summed E-state index contributed by atoms with van der Waals surface area (Å²) < 4.78 is 2.37. The van der Waals surface area contributed by atoms with Crippen molar-refractivity contribution in [1.82, 2.24) is 0 Å². The minimum absolute atomic E-state index is 1.21. The Bertz CT molecular complexity index is 242. The Labute approximate surface area is 91.8 Å². The maximum atomic E-state index is 2.37. The number of hydrogen-bond donors (Lipinski definition) is 0. The summed E-state index contributed by atoms with van der Waals surface area (Å²) >= 11 is 1.80. The first-order valence-corrected chi connectivity index (χ1v) is 6.71. The summed E-state index contributed by atoms with van der Waals surface area (Å²) in [7, 11) is 0. The quantitative estimate of drug-likeness (QED) is 0.479. The number of aromatic nitrogens is 1. The van der Waals surface area contributed by atoms with Crippen molar-refractivity contribution in [2.45, 2.75) is 58.9 Å². The SMILES string of the molecule is CCCCCCCC[n+]1cscc1C. The van der Waals surface area contributed by atoms with Crippen molar-refractivity contribution in [2.24, 2.45) is 0 Å². The molecule has 0 radical (unpaired) electrons. The van der Waals surface area contributed by atoms with Gasteiger partial charge in [0.1, 0.15) is 6.54 Å². The van der Waals surface area contributed by atoms with Crippen LogP contribution >= 0.6 is 11.3 Å². The second-order valence-electron chi connectivity index (χ2n) is 3.96. The number of hydrogen-bond acceptors (Lipinski definition) is 1. The van der Waals surface area contributed by atoms with Gasteiger partial charge in [-0.2, -0.15) is 4.57 Å². The monoisotopic (exact) mass is 212 g/mol. The summed E-state index contributed by atoms with van der Waals surface area (Å²) in [5.74, 6) is 0. The van der Waals surface area contributed by atoms with Crippen molar-refractivity contribution in [3.8, 4) is 0 Å². The van der Waals surface area contributed by atoms with Crippen molar-refractivity contribution >= 4 is 11.3 Å². The lowest BCUT2D eigenvalue weighted by Crippen LogP contribution is -2.33. The van der Waals surface area contributed by atoms with Gasteiger partial charge in [0.05, 0.1) is 5.38 Å². The van der Waals surface area contributed by atoms with Gasteiger partial charge in [0.2, 0.25) is 5.51 Å². The molecule has 0 aliphatic carbocycles. The zero-order chi connectivity index (χ0) is 10.2. The van der Waals surface area contributed by atoms with E-state index in [1.165, 1.54) is 50.8 Å². The van der Waals surface area contributed by atoms with E-state index in [1.807, 2.05) is 0 Å². The Morgan fingerprint density at radius 2 is 1.86 bits per heavy atom. The Balaban J connectivity index is 2.02. The molecule has 80 valence electrons. The van der Waals surface area contributed by atoms with E-state index in [1.54, 1.807) is 11.3 Å². The Morgan fingerprint density at radius 3 is 2.50 bits per heavy atom. The molecule has 0 amide bonds. The predicted molar refractivity (Wildman–Crippen MR) is 62.6 cm³/mol. The summed E-state index contributed by atoms with van der Waals surface area (Å²) in [4.78, 5) is 0. The third-order valence-corrected chi connectivity index (χ3v) is 3.49. The van der Waals surface area contributed by atoms with Gasteiger partial charge in [-0.15, -0.1) is 0 Å². The van der Waals surface area contributed by atoms with Crippen molar-refractivity contribution in [3.05, 3.63) is 16.6 Å². The first-order valence-electron chi connectivity index (χ1n) is 5.77. The number of thiazole rings is 1. The van der Waals surface area contributed by atoms with Crippen LogP contribution in [0.1, 0.15) is 51.1 Å². The molecule has 0 N–H and O–H groups in total. The van der Waals surface area contributed by atoms with Gasteiger partial charge in [0.15, 0.2) is 5.69 Å². The molecular formula is C12H22NS+. The minimum atomic E-state index is 1.21. The number of aryl methyl sites for hydroxylation is 2. The third kappa shape index (κ3) is 4.23. The third-order valence-electron chi connectivity index (χ3n) is 2.63. The molecule has 0 unspecified atom stereocenters. The first-order chi connectivity index (χ1) is 6.84. The summed E-state index contributed by atoms with van der Waals surface area (Å²) in [6.07, 6.45) is 8.32. The van der Waals surface area contributed by atoms with Gasteiger partial charge in [0.25, 0.3) is 0 Å². The van der Waals surface area contributed by atoms with E-state index in [4.69, 9.17) is 0 Å². The van der Waals surface area contributed by atoms with Crippen LogP contribution in [0.2, 0.25) is 0 Å². The molecule has 1 nitrogen and oxygen atoms in total. The van der Waals surface area contributed by atoms with Gasteiger partial charge in [-0.1, -0.05) is 43.9 Å². The summed E-state index contributed by atoms with van der Waals surface area (Å²) in [6.45, 7) is 5.67. The average Bonchev–Trinajstić information content (AvgIpc) is 2.58. The van der Waals surface area contributed by atoms with Crippen LogP contribution < -0.4 is 4.57 Å². The second kappa shape index (κ2) is 6.99. The van der Waals surface area contributed by atoms with Gasteiger partial charge in [-0.3, -0.25) is 0 Å². The molecule has 0 saturated carbocycles. The number of nitrogens with zero attached hydrogens (tertiary/aromatic N) is 1. The minimum Gasteiger partial charge on any atom is -0.193 e. The molecule has 0 aromatic carbocycles. The topological polar surface area (TPSA) is 3.88 Å². The summed E-state index contributed by atoms with van der Waals surface area (Å²) in [5, 5.41) is 2.22.